The second-order valence-electron chi connectivity index (χ2n) is 8.05. The van der Waals surface area contributed by atoms with Gasteiger partial charge in [0.25, 0.3) is 5.91 Å². The molecule has 3 aliphatic rings. The Morgan fingerprint density at radius 2 is 1.79 bits per heavy atom. The van der Waals surface area contributed by atoms with E-state index in [-0.39, 0.29) is 5.91 Å². The average molecular weight is 326 g/mol. The van der Waals surface area contributed by atoms with E-state index in [0.29, 0.717) is 18.1 Å². The number of hydrogen-bond acceptors (Lipinski definition) is 2. The minimum Gasteiger partial charge on any atom is -0.349 e. The second kappa shape index (κ2) is 6.87. The van der Waals surface area contributed by atoms with Crippen molar-refractivity contribution in [3.8, 4) is 0 Å². The lowest BCUT2D eigenvalue weighted by Crippen LogP contribution is -2.55. The lowest BCUT2D eigenvalue weighted by atomic mass is 9.82. The summed E-state index contributed by atoms with van der Waals surface area (Å²) in [6.07, 6.45) is 12.1. The van der Waals surface area contributed by atoms with E-state index in [4.69, 9.17) is 0 Å². The van der Waals surface area contributed by atoms with Crippen molar-refractivity contribution in [1.29, 1.82) is 0 Å². The van der Waals surface area contributed by atoms with Crippen LogP contribution in [0.1, 0.15) is 72.9 Å². The lowest BCUT2D eigenvalue weighted by Gasteiger charge is -2.47. The summed E-state index contributed by atoms with van der Waals surface area (Å²) in [5.41, 5.74) is 3.67. The van der Waals surface area contributed by atoms with Gasteiger partial charge in [-0.2, -0.15) is 0 Å². The van der Waals surface area contributed by atoms with Crippen LogP contribution in [-0.2, 0) is 12.8 Å². The number of hydrogen-bond donors (Lipinski definition) is 1. The van der Waals surface area contributed by atoms with Crippen LogP contribution in [0, 0.1) is 0 Å². The predicted molar refractivity (Wildman–Crippen MR) is 97.4 cm³/mol. The molecule has 3 heteroatoms. The van der Waals surface area contributed by atoms with E-state index in [1.807, 2.05) is 6.07 Å². The minimum atomic E-state index is 0.168. The van der Waals surface area contributed by atoms with Gasteiger partial charge in [0.15, 0.2) is 0 Å². The molecule has 1 aromatic rings. The molecule has 1 unspecified atom stereocenters. The zero-order chi connectivity index (χ0) is 16.5. The largest absolute Gasteiger partial charge is 0.349 e. The van der Waals surface area contributed by atoms with Crippen molar-refractivity contribution in [3.63, 3.8) is 0 Å². The van der Waals surface area contributed by atoms with Crippen molar-refractivity contribution in [2.45, 2.75) is 82.3 Å². The van der Waals surface area contributed by atoms with Gasteiger partial charge in [-0.05, 0) is 75.6 Å². The Labute approximate surface area is 145 Å². The maximum atomic E-state index is 13.0. The van der Waals surface area contributed by atoms with Crippen molar-refractivity contribution in [3.05, 3.63) is 34.9 Å². The molecule has 3 atom stereocenters. The van der Waals surface area contributed by atoms with Gasteiger partial charge in [0.05, 0.1) is 0 Å². The van der Waals surface area contributed by atoms with E-state index >= 15 is 0 Å². The summed E-state index contributed by atoms with van der Waals surface area (Å²) in [7, 11) is 2.27. The van der Waals surface area contributed by atoms with E-state index in [1.165, 1.54) is 49.7 Å². The summed E-state index contributed by atoms with van der Waals surface area (Å²) >= 11 is 0. The Bertz CT molecular complexity index is 598. The van der Waals surface area contributed by atoms with E-state index in [0.717, 1.165) is 31.2 Å². The molecular weight excluding hydrogens is 296 g/mol. The van der Waals surface area contributed by atoms with Gasteiger partial charge in [-0.25, -0.2) is 0 Å². The van der Waals surface area contributed by atoms with E-state index < -0.39 is 0 Å². The van der Waals surface area contributed by atoms with Crippen molar-refractivity contribution in [2.75, 3.05) is 7.05 Å². The molecule has 2 aliphatic heterocycles. The highest BCUT2D eigenvalue weighted by Crippen LogP contribution is 2.33. The Balaban J connectivity index is 1.49. The molecule has 2 fully saturated rings. The molecule has 0 aromatic heterocycles. The summed E-state index contributed by atoms with van der Waals surface area (Å²) in [6, 6.07) is 8.01. The van der Waals surface area contributed by atoms with Gasteiger partial charge in [0.2, 0.25) is 0 Å². The first kappa shape index (κ1) is 16.1. The summed E-state index contributed by atoms with van der Waals surface area (Å²) in [5, 5.41) is 3.39. The van der Waals surface area contributed by atoms with Crippen LogP contribution >= 0.6 is 0 Å². The fourth-order valence-electron chi connectivity index (χ4n) is 5.17. The molecule has 0 spiro atoms. The minimum absolute atomic E-state index is 0.168. The van der Waals surface area contributed by atoms with Crippen LogP contribution in [0.25, 0.3) is 0 Å². The smallest absolute Gasteiger partial charge is 0.251 e. The maximum Gasteiger partial charge on any atom is 0.251 e. The highest BCUT2D eigenvalue weighted by molar-refractivity contribution is 5.96. The number of aryl methyl sites for hydroxylation is 1. The Morgan fingerprint density at radius 3 is 2.58 bits per heavy atom. The molecule has 2 bridgehead atoms. The number of amides is 1. The van der Waals surface area contributed by atoms with Gasteiger partial charge >= 0.3 is 0 Å². The van der Waals surface area contributed by atoms with Gasteiger partial charge in [0.1, 0.15) is 0 Å². The van der Waals surface area contributed by atoms with E-state index in [1.54, 1.807) is 0 Å². The molecular formula is C21H30N2O. The van der Waals surface area contributed by atoms with Crippen LogP contribution in [0.4, 0.5) is 0 Å². The van der Waals surface area contributed by atoms with Crippen molar-refractivity contribution >= 4 is 5.91 Å². The van der Waals surface area contributed by atoms with E-state index in [9.17, 15) is 4.79 Å². The zero-order valence-corrected chi connectivity index (χ0v) is 14.9. The van der Waals surface area contributed by atoms with Crippen LogP contribution in [-0.4, -0.2) is 36.0 Å². The fourth-order valence-corrected chi connectivity index (χ4v) is 5.17. The number of carbonyl (C=O) groups is 1. The molecule has 0 radical (unpaired) electrons. The molecule has 1 aromatic carbocycles. The molecule has 3 nitrogen and oxygen atoms in total. The van der Waals surface area contributed by atoms with Gasteiger partial charge < -0.3 is 10.2 Å². The third-order valence-electron chi connectivity index (χ3n) is 6.57. The Morgan fingerprint density at radius 1 is 1.04 bits per heavy atom. The molecule has 0 saturated carbocycles. The van der Waals surface area contributed by atoms with Crippen LogP contribution in [0.2, 0.25) is 0 Å². The average Bonchev–Trinajstić information content (AvgIpc) is 2.81. The SMILES string of the molecule is CN1[C@@H]2CCC[C@H]1CC(NC(=O)c1cccc3c1CCCCC3)C2. The van der Waals surface area contributed by atoms with Crippen molar-refractivity contribution < 1.29 is 4.79 Å². The Hall–Kier alpha value is -1.35. The molecule has 4 rings (SSSR count). The molecule has 24 heavy (non-hydrogen) atoms. The number of nitrogens with one attached hydrogen (secondary N) is 1. The summed E-state index contributed by atoms with van der Waals surface area (Å²) < 4.78 is 0. The van der Waals surface area contributed by atoms with Crippen LogP contribution < -0.4 is 5.32 Å². The Kier molecular flexibility index (Phi) is 4.62. The number of rotatable bonds is 2. The summed E-state index contributed by atoms with van der Waals surface area (Å²) in [4.78, 5) is 15.5. The summed E-state index contributed by atoms with van der Waals surface area (Å²) in [5.74, 6) is 0.168. The van der Waals surface area contributed by atoms with Gasteiger partial charge in [-0.15, -0.1) is 0 Å². The zero-order valence-electron chi connectivity index (χ0n) is 14.9. The van der Waals surface area contributed by atoms with Gasteiger partial charge in [-0.3, -0.25) is 4.79 Å². The van der Waals surface area contributed by atoms with Crippen LogP contribution in [0.5, 0.6) is 0 Å². The van der Waals surface area contributed by atoms with Gasteiger partial charge in [-0.1, -0.05) is 25.0 Å². The van der Waals surface area contributed by atoms with Crippen molar-refractivity contribution in [1.82, 2.24) is 10.2 Å². The molecule has 130 valence electrons. The third-order valence-corrected chi connectivity index (χ3v) is 6.57. The number of piperidine rings is 2. The molecule has 1 N–H and O–H groups in total. The highest BCUT2D eigenvalue weighted by Gasteiger charge is 2.36. The number of nitrogens with zero attached hydrogens (tertiary/aromatic N) is 1. The third kappa shape index (κ3) is 3.11. The number of benzene rings is 1. The normalized spacial score (nSPS) is 30.3. The highest BCUT2D eigenvalue weighted by atomic mass is 16.1. The quantitative estimate of drug-likeness (QED) is 0.841. The number of carbonyl (C=O) groups excluding carboxylic acids is 1. The topological polar surface area (TPSA) is 32.3 Å². The fraction of sp³-hybridized carbons (Fsp3) is 0.667. The monoisotopic (exact) mass is 326 g/mol. The van der Waals surface area contributed by atoms with Crippen LogP contribution in [0.15, 0.2) is 18.2 Å². The van der Waals surface area contributed by atoms with Gasteiger partial charge in [0, 0.05) is 23.7 Å². The molecule has 1 aliphatic carbocycles. The van der Waals surface area contributed by atoms with Crippen molar-refractivity contribution in [2.24, 2.45) is 0 Å². The second-order valence-corrected chi connectivity index (χ2v) is 8.05. The number of fused-ring (bicyclic) bond motifs is 3. The first-order chi connectivity index (χ1) is 11.7. The first-order valence-electron chi connectivity index (χ1n) is 9.86. The summed E-state index contributed by atoms with van der Waals surface area (Å²) in [6.45, 7) is 0. The molecule has 2 heterocycles. The van der Waals surface area contributed by atoms with Crippen LogP contribution in [0.3, 0.4) is 0 Å². The molecule has 1 amide bonds. The lowest BCUT2D eigenvalue weighted by molar-refractivity contribution is 0.0463. The standard InChI is InChI=1S/C21H30N2O/c1-23-17-9-6-10-18(23)14-16(13-17)22-21(24)20-12-5-8-15-7-3-2-4-11-19(15)20/h5,8,12,16-18H,2-4,6-7,9-11,13-14H2,1H3,(H,22,24)/t16?,17-,18+. The van der Waals surface area contributed by atoms with E-state index in [2.05, 4.69) is 29.4 Å². The molecule has 2 saturated heterocycles. The maximum absolute atomic E-state index is 13.0. The first-order valence-corrected chi connectivity index (χ1v) is 9.86. The predicted octanol–water partition coefficient (Wildman–Crippen LogP) is 3.70.